The van der Waals surface area contributed by atoms with Crippen LogP contribution in [0.3, 0.4) is 0 Å². The number of aliphatic carboxylic acids is 1. The lowest BCUT2D eigenvalue weighted by atomic mass is 9.93. The van der Waals surface area contributed by atoms with Gasteiger partial charge in [-0.25, -0.2) is 0 Å². The summed E-state index contributed by atoms with van der Waals surface area (Å²) in [7, 11) is 0. The van der Waals surface area contributed by atoms with Gasteiger partial charge in [0, 0.05) is 44.3 Å². The van der Waals surface area contributed by atoms with Gasteiger partial charge in [0.05, 0.1) is 17.0 Å². The van der Waals surface area contributed by atoms with Crippen LogP contribution in [0.15, 0.2) is 18.2 Å². The van der Waals surface area contributed by atoms with Crippen LogP contribution in [0, 0.1) is 5.92 Å². The molecule has 1 aromatic rings. The number of carbonyl (C=O) groups excluding carboxylic acids is 4. The molecule has 32 heavy (non-hydrogen) atoms. The monoisotopic (exact) mass is 440 g/mol. The number of fused-ring (bicyclic) bond motifs is 1. The number of hydrogen-bond acceptors (Lipinski definition) is 7. The Labute approximate surface area is 184 Å². The highest BCUT2D eigenvalue weighted by Gasteiger charge is 2.45. The second-order valence-electron chi connectivity index (χ2n) is 8.88. The van der Waals surface area contributed by atoms with Crippen molar-refractivity contribution >= 4 is 35.3 Å². The highest BCUT2D eigenvalue weighted by atomic mass is 16.4. The number of imide groups is 2. The highest BCUT2D eigenvalue weighted by molar-refractivity contribution is 6.23. The molecule has 0 aliphatic carbocycles. The van der Waals surface area contributed by atoms with Crippen LogP contribution in [-0.4, -0.2) is 82.8 Å². The van der Waals surface area contributed by atoms with Gasteiger partial charge in [0.15, 0.2) is 0 Å². The van der Waals surface area contributed by atoms with Gasteiger partial charge in [-0.3, -0.25) is 39.1 Å². The number of carboxylic acid groups (broad SMARTS) is 1. The Morgan fingerprint density at radius 3 is 2.31 bits per heavy atom. The predicted octanol–water partition coefficient (Wildman–Crippen LogP) is 0.0730. The number of anilines is 1. The van der Waals surface area contributed by atoms with Crippen molar-refractivity contribution in [1.82, 2.24) is 15.1 Å². The molecule has 4 heterocycles. The Kier molecular flexibility index (Phi) is 4.96. The first-order valence-electron chi connectivity index (χ1n) is 10.9. The SMILES string of the molecule is O=C1CC[C@@H](N2C(=O)c3ccc(N4CCC(N5CC(C(=O)O)C5)CC4)cc3C2=O)C(=O)N1. The average molecular weight is 440 g/mol. The Bertz CT molecular complexity index is 1030. The number of likely N-dealkylation sites (tertiary alicyclic amines) is 1. The van der Waals surface area contributed by atoms with Gasteiger partial charge < -0.3 is 10.0 Å². The first-order valence-corrected chi connectivity index (χ1v) is 10.9. The average Bonchev–Trinajstić information content (AvgIpc) is 2.97. The van der Waals surface area contributed by atoms with E-state index in [1.807, 2.05) is 6.07 Å². The Morgan fingerprint density at radius 1 is 0.969 bits per heavy atom. The van der Waals surface area contributed by atoms with Gasteiger partial charge in [-0.1, -0.05) is 0 Å². The summed E-state index contributed by atoms with van der Waals surface area (Å²) in [4.78, 5) is 65.8. The number of rotatable bonds is 4. The Morgan fingerprint density at radius 2 is 1.66 bits per heavy atom. The summed E-state index contributed by atoms with van der Waals surface area (Å²) >= 11 is 0. The minimum atomic E-state index is -0.967. The smallest absolute Gasteiger partial charge is 0.309 e. The van der Waals surface area contributed by atoms with Crippen LogP contribution in [0.5, 0.6) is 0 Å². The maximum atomic E-state index is 13.0. The van der Waals surface area contributed by atoms with Gasteiger partial charge in [0.1, 0.15) is 6.04 Å². The summed E-state index contributed by atoms with van der Waals surface area (Å²) in [6.07, 6.45) is 2.03. The minimum absolute atomic E-state index is 0.0915. The number of piperidine rings is 2. The molecule has 0 unspecified atom stereocenters. The van der Waals surface area contributed by atoms with E-state index in [2.05, 4.69) is 15.1 Å². The number of nitrogens with one attached hydrogen (secondary N) is 1. The fraction of sp³-hybridized carbons (Fsp3) is 0.500. The summed E-state index contributed by atoms with van der Waals surface area (Å²) in [5.74, 6) is -3.02. The van der Waals surface area contributed by atoms with E-state index in [9.17, 15) is 24.0 Å². The maximum Gasteiger partial charge on any atom is 0.309 e. The quantitative estimate of drug-likeness (QED) is 0.630. The largest absolute Gasteiger partial charge is 0.481 e. The van der Waals surface area contributed by atoms with Crippen LogP contribution in [0.2, 0.25) is 0 Å². The third-order valence-electron chi connectivity index (χ3n) is 7.03. The minimum Gasteiger partial charge on any atom is -0.481 e. The van der Waals surface area contributed by atoms with E-state index >= 15 is 0 Å². The number of carboxylic acids is 1. The van der Waals surface area contributed by atoms with E-state index in [-0.39, 0.29) is 29.9 Å². The third-order valence-corrected chi connectivity index (χ3v) is 7.03. The lowest BCUT2D eigenvalue weighted by Gasteiger charge is -2.46. The van der Waals surface area contributed by atoms with Crippen LogP contribution in [0.25, 0.3) is 0 Å². The van der Waals surface area contributed by atoms with Gasteiger partial charge in [0.2, 0.25) is 11.8 Å². The number of benzene rings is 1. The van der Waals surface area contributed by atoms with Crippen molar-refractivity contribution in [1.29, 1.82) is 0 Å². The summed E-state index contributed by atoms with van der Waals surface area (Å²) in [5, 5.41) is 11.3. The molecular formula is C22H24N4O6. The molecule has 5 rings (SSSR count). The molecule has 4 aliphatic rings. The standard InChI is InChI=1S/C22H24N4O6/c27-18-4-3-17(19(28)23-18)26-20(29)15-2-1-14(9-16(15)21(26)30)24-7-5-13(6-8-24)25-10-12(11-25)22(31)32/h1-2,9,12-13,17H,3-8,10-11H2,(H,31,32)(H,23,27,28)/t17-/m1/s1. The van der Waals surface area contributed by atoms with Crippen LogP contribution in [0.1, 0.15) is 46.4 Å². The summed E-state index contributed by atoms with van der Waals surface area (Å²) < 4.78 is 0. The van der Waals surface area contributed by atoms with Gasteiger partial charge in [0.25, 0.3) is 11.8 Å². The molecule has 4 amide bonds. The molecule has 3 fully saturated rings. The predicted molar refractivity (Wildman–Crippen MR) is 111 cm³/mol. The summed E-state index contributed by atoms with van der Waals surface area (Å²) in [6, 6.07) is 4.57. The zero-order chi connectivity index (χ0) is 22.6. The summed E-state index contributed by atoms with van der Waals surface area (Å²) in [5.41, 5.74) is 1.41. The molecule has 168 valence electrons. The first kappa shape index (κ1) is 20.6. The van der Waals surface area contributed by atoms with Crippen molar-refractivity contribution in [3.63, 3.8) is 0 Å². The molecule has 3 saturated heterocycles. The zero-order valence-electron chi connectivity index (χ0n) is 17.5. The van der Waals surface area contributed by atoms with Crippen molar-refractivity contribution in [2.75, 3.05) is 31.1 Å². The molecule has 0 bridgehead atoms. The molecule has 4 aliphatic heterocycles. The molecule has 0 spiro atoms. The number of hydrogen-bond donors (Lipinski definition) is 2. The highest BCUT2D eigenvalue weighted by Crippen LogP contribution is 2.32. The molecule has 10 nitrogen and oxygen atoms in total. The van der Waals surface area contributed by atoms with Gasteiger partial charge in [-0.15, -0.1) is 0 Å². The lowest BCUT2D eigenvalue weighted by Crippen LogP contribution is -2.57. The molecule has 1 aromatic carbocycles. The van der Waals surface area contributed by atoms with E-state index in [1.165, 1.54) is 0 Å². The molecular weight excluding hydrogens is 416 g/mol. The van der Waals surface area contributed by atoms with Crippen LogP contribution in [-0.2, 0) is 14.4 Å². The van der Waals surface area contributed by atoms with Crippen molar-refractivity contribution in [2.45, 2.75) is 37.8 Å². The van der Waals surface area contributed by atoms with Gasteiger partial charge in [-0.2, -0.15) is 0 Å². The molecule has 0 radical (unpaired) electrons. The van der Waals surface area contributed by atoms with E-state index in [4.69, 9.17) is 5.11 Å². The van der Waals surface area contributed by atoms with E-state index in [1.54, 1.807) is 12.1 Å². The number of carbonyl (C=O) groups is 5. The maximum absolute atomic E-state index is 13.0. The zero-order valence-corrected chi connectivity index (χ0v) is 17.5. The molecule has 0 saturated carbocycles. The lowest BCUT2D eigenvalue weighted by molar-refractivity contribution is -0.149. The van der Waals surface area contributed by atoms with Gasteiger partial charge >= 0.3 is 5.97 Å². The number of nitrogens with zero attached hydrogens (tertiary/aromatic N) is 3. The van der Waals surface area contributed by atoms with E-state index < -0.39 is 35.6 Å². The van der Waals surface area contributed by atoms with Crippen LogP contribution >= 0.6 is 0 Å². The van der Waals surface area contributed by atoms with Crippen LogP contribution < -0.4 is 10.2 Å². The Balaban J connectivity index is 1.26. The molecule has 1 atom stereocenters. The topological polar surface area (TPSA) is 127 Å². The van der Waals surface area contributed by atoms with Crippen molar-refractivity contribution in [3.8, 4) is 0 Å². The van der Waals surface area contributed by atoms with Crippen LogP contribution in [0.4, 0.5) is 5.69 Å². The normalized spacial score (nSPS) is 25.1. The van der Waals surface area contributed by atoms with Crippen molar-refractivity contribution in [3.05, 3.63) is 29.3 Å². The fourth-order valence-corrected chi connectivity index (χ4v) is 5.11. The molecule has 10 heteroatoms. The van der Waals surface area contributed by atoms with Crippen molar-refractivity contribution < 1.29 is 29.1 Å². The second-order valence-corrected chi connectivity index (χ2v) is 8.88. The Hall–Kier alpha value is -3.27. The van der Waals surface area contributed by atoms with Crippen molar-refractivity contribution in [2.24, 2.45) is 5.92 Å². The van der Waals surface area contributed by atoms with Gasteiger partial charge in [-0.05, 0) is 37.5 Å². The molecule has 0 aromatic heterocycles. The first-order chi connectivity index (χ1) is 15.3. The fourth-order valence-electron chi connectivity index (χ4n) is 5.11. The third kappa shape index (κ3) is 3.35. The summed E-state index contributed by atoms with van der Waals surface area (Å²) in [6.45, 7) is 2.75. The van der Waals surface area contributed by atoms with E-state index in [0.717, 1.165) is 36.5 Å². The second kappa shape index (κ2) is 7.70. The number of amides is 4. The molecule has 2 N–H and O–H groups in total. The van der Waals surface area contributed by atoms with E-state index in [0.29, 0.717) is 19.1 Å².